The summed E-state index contributed by atoms with van der Waals surface area (Å²) in [5.41, 5.74) is 2.05. The highest BCUT2D eigenvalue weighted by Gasteiger charge is 2.20. The number of nitrogens with one attached hydrogen (secondary N) is 1. The van der Waals surface area contributed by atoms with Crippen molar-refractivity contribution in [3.63, 3.8) is 0 Å². The van der Waals surface area contributed by atoms with Gasteiger partial charge in [-0.1, -0.05) is 22.4 Å². The van der Waals surface area contributed by atoms with E-state index in [2.05, 4.69) is 21.2 Å². The fourth-order valence-electron chi connectivity index (χ4n) is 2.55. The molecule has 1 aromatic carbocycles. The summed E-state index contributed by atoms with van der Waals surface area (Å²) in [6.07, 6.45) is 4.46. The number of ether oxygens (including phenoxy) is 1. The maximum atomic E-state index is 13.9. The lowest BCUT2D eigenvalue weighted by atomic mass is 9.94. The maximum absolute atomic E-state index is 13.9. The highest BCUT2D eigenvalue weighted by molar-refractivity contribution is 9.10. The number of hydrogen-bond acceptors (Lipinski definition) is 2. The Morgan fingerprint density at radius 1 is 1.50 bits per heavy atom. The number of benzene rings is 1. The number of rotatable bonds is 3. The third kappa shape index (κ3) is 2.86. The molecule has 0 aliphatic carbocycles. The van der Waals surface area contributed by atoms with Crippen molar-refractivity contribution in [1.29, 1.82) is 0 Å². The van der Waals surface area contributed by atoms with E-state index in [0.717, 1.165) is 35.0 Å². The molecule has 100 valence electrons. The summed E-state index contributed by atoms with van der Waals surface area (Å²) in [6.45, 7) is 3.06. The zero-order chi connectivity index (χ0) is 13.1. The molecule has 1 N–H and O–H groups in total. The summed E-state index contributed by atoms with van der Waals surface area (Å²) in [7, 11) is 1.53. The highest BCUT2D eigenvalue weighted by Crippen LogP contribution is 2.33. The van der Waals surface area contributed by atoms with Gasteiger partial charge in [-0.2, -0.15) is 0 Å². The van der Waals surface area contributed by atoms with Crippen LogP contribution in [0, 0.1) is 12.7 Å². The van der Waals surface area contributed by atoms with E-state index in [9.17, 15) is 4.39 Å². The first-order valence-electron chi connectivity index (χ1n) is 6.38. The predicted molar refractivity (Wildman–Crippen MR) is 74.7 cm³/mol. The molecule has 0 aromatic heterocycles. The lowest BCUT2D eigenvalue weighted by molar-refractivity contribution is 0.365. The molecule has 1 fully saturated rings. The fraction of sp³-hybridized carbons (Fsp3) is 0.571. The molecule has 1 aliphatic rings. The van der Waals surface area contributed by atoms with Crippen molar-refractivity contribution in [2.24, 2.45) is 0 Å². The normalized spacial score (nSPS) is 19.9. The monoisotopic (exact) mass is 315 g/mol. The average molecular weight is 316 g/mol. The van der Waals surface area contributed by atoms with Crippen LogP contribution in [-0.4, -0.2) is 19.7 Å². The molecular formula is C14H19BrFNO. The minimum absolute atomic E-state index is 0.291. The van der Waals surface area contributed by atoms with E-state index in [4.69, 9.17) is 4.74 Å². The quantitative estimate of drug-likeness (QED) is 0.920. The number of piperidine rings is 1. The topological polar surface area (TPSA) is 21.3 Å². The first kappa shape index (κ1) is 13.8. The predicted octanol–water partition coefficient (Wildman–Crippen LogP) is 3.59. The summed E-state index contributed by atoms with van der Waals surface area (Å²) in [5.74, 6) is 0.101. The average Bonchev–Trinajstić information content (AvgIpc) is 2.37. The fourth-order valence-corrected chi connectivity index (χ4v) is 3.00. The zero-order valence-corrected chi connectivity index (χ0v) is 12.4. The summed E-state index contributed by atoms with van der Waals surface area (Å²) < 4.78 is 19.9. The van der Waals surface area contributed by atoms with Crippen LogP contribution in [0.25, 0.3) is 0 Å². The van der Waals surface area contributed by atoms with Crippen molar-refractivity contribution in [1.82, 2.24) is 5.32 Å². The van der Waals surface area contributed by atoms with Gasteiger partial charge in [0.05, 0.1) is 7.11 Å². The van der Waals surface area contributed by atoms with Gasteiger partial charge in [0, 0.05) is 16.1 Å². The van der Waals surface area contributed by atoms with E-state index in [1.54, 1.807) is 0 Å². The van der Waals surface area contributed by atoms with Crippen molar-refractivity contribution < 1.29 is 9.13 Å². The van der Waals surface area contributed by atoms with Crippen LogP contribution in [0.15, 0.2) is 10.5 Å². The smallest absolute Gasteiger partial charge is 0.166 e. The molecule has 0 spiro atoms. The Morgan fingerprint density at radius 2 is 2.28 bits per heavy atom. The second-order valence-electron chi connectivity index (χ2n) is 4.83. The molecule has 2 rings (SSSR count). The molecule has 0 bridgehead atoms. The Hall–Kier alpha value is -0.610. The Kier molecular flexibility index (Phi) is 4.62. The van der Waals surface area contributed by atoms with Gasteiger partial charge < -0.3 is 10.1 Å². The van der Waals surface area contributed by atoms with Gasteiger partial charge in [0.2, 0.25) is 0 Å². The lowest BCUT2D eigenvalue weighted by Crippen LogP contribution is -2.35. The molecule has 1 unspecified atom stereocenters. The third-order valence-electron chi connectivity index (χ3n) is 3.62. The van der Waals surface area contributed by atoms with Crippen LogP contribution in [0.3, 0.4) is 0 Å². The maximum Gasteiger partial charge on any atom is 0.166 e. The van der Waals surface area contributed by atoms with Crippen LogP contribution >= 0.6 is 15.9 Å². The van der Waals surface area contributed by atoms with Gasteiger partial charge in [0.1, 0.15) is 0 Å². The summed E-state index contributed by atoms with van der Waals surface area (Å²) >= 11 is 3.41. The SMILES string of the molecule is COc1c(F)cc(Br)c(C)c1CC1CCCCN1. The van der Waals surface area contributed by atoms with Gasteiger partial charge in [-0.25, -0.2) is 4.39 Å². The molecule has 18 heavy (non-hydrogen) atoms. The minimum Gasteiger partial charge on any atom is -0.493 e. The van der Waals surface area contributed by atoms with Gasteiger partial charge >= 0.3 is 0 Å². The second-order valence-corrected chi connectivity index (χ2v) is 5.68. The van der Waals surface area contributed by atoms with Gasteiger partial charge in [-0.05, 0) is 44.4 Å². The van der Waals surface area contributed by atoms with E-state index in [1.165, 1.54) is 26.0 Å². The Bertz CT molecular complexity index is 430. The standard InChI is InChI=1S/C14H19BrFNO/c1-9-11(7-10-5-3-4-6-17-10)14(18-2)13(16)8-12(9)15/h8,10,17H,3-7H2,1-2H3. The van der Waals surface area contributed by atoms with E-state index in [1.807, 2.05) is 6.92 Å². The van der Waals surface area contributed by atoms with Crippen LogP contribution in [0.4, 0.5) is 4.39 Å². The Morgan fingerprint density at radius 3 is 2.89 bits per heavy atom. The number of methoxy groups -OCH3 is 1. The van der Waals surface area contributed by atoms with Crippen LogP contribution in [-0.2, 0) is 6.42 Å². The van der Waals surface area contributed by atoms with Crippen LogP contribution < -0.4 is 10.1 Å². The van der Waals surface area contributed by atoms with Crippen molar-refractivity contribution >= 4 is 15.9 Å². The van der Waals surface area contributed by atoms with Gasteiger partial charge in [0.15, 0.2) is 11.6 Å². The molecule has 1 aliphatic heterocycles. The molecule has 1 saturated heterocycles. The Labute approximate surface area is 116 Å². The molecule has 1 heterocycles. The summed E-state index contributed by atoms with van der Waals surface area (Å²) in [4.78, 5) is 0. The van der Waals surface area contributed by atoms with Crippen LogP contribution in [0.5, 0.6) is 5.75 Å². The number of halogens is 2. The molecular weight excluding hydrogens is 297 g/mol. The first-order valence-corrected chi connectivity index (χ1v) is 7.17. The van der Waals surface area contributed by atoms with Gasteiger partial charge in [-0.3, -0.25) is 0 Å². The Balaban J connectivity index is 2.29. The van der Waals surface area contributed by atoms with E-state index in [-0.39, 0.29) is 5.82 Å². The molecule has 2 nitrogen and oxygen atoms in total. The second kappa shape index (κ2) is 6.02. The van der Waals surface area contributed by atoms with Crippen molar-refractivity contribution in [2.45, 2.75) is 38.6 Å². The number of hydrogen-bond donors (Lipinski definition) is 1. The van der Waals surface area contributed by atoms with Crippen molar-refractivity contribution in [2.75, 3.05) is 13.7 Å². The van der Waals surface area contributed by atoms with E-state index < -0.39 is 0 Å². The molecule has 0 amide bonds. The van der Waals surface area contributed by atoms with E-state index in [0.29, 0.717) is 11.8 Å². The largest absolute Gasteiger partial charge is 0.493 e. The molecule has 1 aromatic rings. The highest BCUT2D eigenvalue weighted by atomic mass is 79.9. The zero-order valence-electron chi connectivity index (χ0n) is 10.9. The molecule has 0 saturated carbocycles. The molecule has 0 radical (unpaired) electrons. The summed E-state index contributed by atoms with van der Waals surface area (Å²) in [5, 5.41) is 3.49. The van der Waals surface area contributed by atoms with E-state index >= 15 is 0 Å². The lowest BCUT2D eigenvalue weighted by Gasteiger charge is -2.25. The molecule has 4 heteroatoms. The summed E-state index contributed by atoms with van der Waals surface area (Å²) in [6, 6.07) is 1.91. The van der Waals surface area contributed by atoms with Crippen molar-refractivity contribution in [3.05, 3.63) is 27.5 Å². The third-order valence-corrected chi connectivity index (χ3v) is 4.45. The van der Waals surface area contributed by atoms with Gasteiger partial charge in [-0.15, -0.1) is 0 Å². The van der Waals surface area contributed by atoms with Crippen LogP contribution in [0.1, 0.15) is 30.4 Å². The molecule has 1 atom stereocenters. The van der Waals surface area contributed by atoms with Crippen LogP contribution in [0.2, 0.25) is 0 Å². The first-order chi connectivity index (χ1) is 8.63. The van der Waals surface area contributed by atoms with Crippen molar-refractivity contribution in [3.8, 4) is 5.75 Å². The van der Waals surface area contributed by atoms with Gasteiger partial charge in [0.25, 0.3) is 0 Å². The minimum atomic E-state index is -0.291.